The first-order chi connectivity index (χ1) is 7.21. The Morgan fingerprint density at radius 1 is 0.800 bits per heavy atom. The summed E-state index contributed by atoms with van der Waals surface area (Å²) >= 11 is -4.00. The van der Waals surface area contributed by atoms with Gasteiger partial charge >= 0.3 is 90.0 Å². The van der Waals surface area contributed by atoms with E-state index in [4.69, 9.17) is 0 Å². The van der Waals surface area contributed by atoms with E-state index in [1.165, 1.54) is 0 Å². The van der Waals surface area contributed by atoms with Crippen molar-refractivity contribution in [2.75, 3.05) is 0 Å². The molecule has 0 aromatic heterocycles. The van der Waals surface area contributed by atoms with Crippen molar-refractivity contribution in [2.24, 2.45) is 0 Å². The van der Waals surface area contributed by atoms with E-state index in [1.54, 1.807) is 12.1 Å². The van der Waals surface area contributed by atoms with Crippen molar-refractivity contribution in [2.45, 2.75) is 0 Å². The van der Waals surface area contributed by atoms with Gasteiger partial charge in [0.1, 0.15) is 0 Å². The molecular formula is C12H9AsO2. The van der Waals surface area contributed by atoms with E-state index in [-0.39, 0.29) is 0 Å². The Balaban J connectivity index is 2.47. The maximum absolute atomic E-state index is 12.3. The molecule has 3 rings (SSSR count). The molecule has 0 saturated carbocycles. The van der Waals surface area contributed by atoms with Gasteiger partial charge in [-0.25, -0.2) is 0 Å². The van der Waals surface area contributed by atoms with Gasteiger partial charge in [-0.3, -0.25) is 0 Å². The summed E-state index contributed by atoms with van der Waals surface area (Å²) in [6.07, 6.45) is 0. The second-order valence-corrected chi connectivity index (χ2v) is 8.05. The summed E-state index contributed by atoms with van der Waals surface area (Å²) in [6, 6.07) is 14.8. The molecule has 0 fully saturated rings. The quantitative estimate of drug-likeness (QED) is 0.706. The van der Waals surface area contributed by atoms with E-state index >= 15 is 0 Å². The van der Waals surface area contributed by atoms with Crippen molar-refractivity contribution >= 4 is 22.5 Å². The van der Waals surface area contributed by atoms with Gasteiger partial charge in [-0.1, -0.05) is 0 Å². The molecule has 3 heteroatoms. The van der Waals surface area contributed by atoms with Crippen molar-refractivity contribution in [1.82, 2.24) is 0 Å². The fourth-order valence-corrected chi connectivity index (χ4v) is 6.00. The van der Waals surface area contributed by atoms with Crippen LogP contribution in [0.1, 0.15) is 0 Å². The van der Waals surface area contributed by atoms with Gasteiger partial charge in [-0.2, -0.15) is 0 Å². The molecule has 2 aromatic rings. The van der Waals surface area contributed by atoms with E-state index in [9.17, 15) is 7.84 Å². The van der Waals surface area contributed by atoms with Crippen LogP contribution in [0.2, 0.25) is 0 Å². The molecule has 0 aliphatic carbocycles. The zero-order valence-electron chi connectivity index (χ0n) is 7.92. The minimum atomic E-state index is -4.00. The maximum atomic E-state index is 12.3. The average Bonchev–Trinajstić information content (AvgIpc) is 2.51. The topological polar surface area (TPSA) is 37.3 Å². The van der Waals surface area contributed by atoms with Gasteiger partial charge in [0, 0.05) is 0 Å². The number of fused-ring (bicyclic) bond motifs is 3. The molecule has 0 amide bonds. The molecule has 74 valence electrons. The molecule has 1 heterocycles. The van der Waals surface area contributed by atoms with Crippen molar-refractivity contribution in [3.63, 3.8) is 0 Å². The van der Waals surface area contributed by atoms with Gasteiger partial charge in [-0.05, 0) is 0 Å². The summed E-state index contributed by atoms with van der Waals surface area (Å²) in [6.45, 7) is 0. The van der Waals surface area contributed by atoms with Gasteiger partial charge in [0.2, 0.25) is 0 Å². The third kappa shape index (κ3) is 1.09. The van der Waals surface area contributed by atoms with Crippen LogP contribution in [0.15, 0.2) is 48.5 Å². The van der Waals surface area contributed by atoms with E-state index < -0.39 is 13.8 Å². The Kier molecular flexibility index (Phi) is 1.73. The summed E-state index contributed by atoms with van der Waals surface area (Å²) in [7, 11) is 0. The first-order valence-corrected chi connectivity index (χ1v) is 8.22. The Labute approximate surface area is 90.2 Å². The molecule has 1 aliphatic rings. The van der Waals surface area contributed by atoms with Gasteiger partial charge in [0.15, 0.2) is 0 Å². The Bertz CT molecular complexity index is 540. The molecule has 2 aromatic carbocycles. The minimum absolute atomic E-state index is 0.622. The third-order valence-corrected chi connectivity index (χ3v) is 7.13. The second-order valence-electron chi connectivity index (χ2n) is 3.61. The predicted molar refractivity (Wildman–Crippen MR) is 59.8 cm³/mol. The van der Waals surface area contributed by atoms with Crippen molar-refractivity contribution in [3.05, 3.63) is 48.5 Å². The van der Waals surface area contributed by atoms with Gasteiger partial charge < -0.3 is 0 Å². The van der Waals surface area contributed by atoms with Crippen LogP contribution in [0.3, 0.4) is 0 Å². The van der Waals surface area contributed by atoms with Gasteiger partial charge in [0.05, 0.1) is 0 Å². The van der Waals surface area contributed by atoms with Gasteiger partial charge in [-0.15, -0.1) is 0 Å². The zero-order chi connectivity index (χ0) is 10.5. The SMILES string of the molecule is O=[As]1(O)c2ccccc2-c2ccccc21. The number of benzene rings is 2. The Hall–Kier alpha value is -1.24. The van der Waals surface area contributed by atoms with Crippen LogP contribution in [0, 0.1) is 0 Å². The predicted octanol–water partition coefficient (Wildman–Crippen LogP) is 0.646. The number of rotatable bonds is 0. The Morgan fingerprint density at radius 2 is 1.20 bits per heavy atom. The fourth-order valence-electron chi connectivity index (χ4n) is 2.06. The monoisotopic (exact) mass is 260 g/mol. The van der Waals surface area contributed by atoms with Crippen LogP contribution in [-0.2, 0) is 3.74 Å². The first-order valence-electron chi connectivity index (χ1n) is 4.73. The molecule has 0 spiro atoms. The van der Waals surface area contributed by atoms with Crippen LogP contribution in [0.4, 0.5) is 0 Å². The molecular weight excluding hydrogens is 251 g/mol. The molecule has 0 bridgehead atoms. The van der Waals surface area contributed by atoms with Crippen LogP contribution in [0.5, 0.6) is 0 Å². The van der Waals surface area contributed by atoms with Crippen molar-refractivity contribution in [1.29, 1.82) is 0 Å². The summed E-state index contributed by atoms with van der Waals surface area (Å²) in [4.78, 5) is 0. The molecule has 15 heavy (non-hydrogen) atoms. The molecule has 0 saturated heterocycles. The third-order valence-electron chi connectivity index (χ3n) is 2.75. The average molecular weight is 260 g/mol. The van der Waals surface area contributed by atoms with Crippen molar-refractivity contribution < 1.29 is 7.84 Å². The fraction of sp³-hybridized carbons (Fsp3) is 0. The molecule has 2 nitrogen and oxygen atoms in total. The summed E-state index contributed by atoms with van der Waals surface area (Å²) in [5, 5.41) is 0. The zero-order valence-corrected chi connectivity index (χ0v) is 9.80. The van der Waals surface area contributed by atoms with E-state index in [0.29, 0.717) is 8.70 Å². The van der Waals surface area contributed by atoms with Crippen LogP contribution in [0.25, 0.3) is 11.1 Å². The molecule has 0 atom stereocenters. The molecule has 1 aliphatic heterocycles. The Morgan fingerprint density at radius 3 is 1.67 bits per heavy atom. The van der Waals surface area contributed by atoms with Crippen LogP contribution < -0.4 is 8.70 Å². The van der Waals surface area contributed by atoms with Gasteiger partial charge in [0.25, 0.3) is 0 Å². The standard InChI is InChI=1S/C12H9AsO2/c14-13(15)11-7-3-1-5-9(11)10-6-2-4-8-12(10)13/h1-8H,(H,14,15). The first kappa shape index (κ1) is 9.02. The second kappa shape index (κ2) is 2.88. The molecule has 0 unspecified atom stereocenters. The summed E-state index contributed by atoms with van der Waals surface area (Å²) in [5.74, 6) is 0. The van der Waals surface area contributed by atoms with Crippen LogP contribution >= 0.6 is 0 Å². The normalized spacial score (nSPS) is 15.8. The molecule has 1 N–H and O–H groups in total. The number of hydrogen-bond acceptors (Lipinski definition) is 1. The molecule has 0 radical (unpaired) electrons. The van der Waals surface area contributed by atoms with E-state index in [2.05, 4.69) is 0 Å². The summed E-state index contributed by atoms with van der Waals surface area (Å²) in [5.41, 5.74) is 1.83. The van der Waals surface area contributed by atoms with E-state index in [0.717, 1.165) is 11.1 Å². The van der Waals surface area contributed by atoms with Crippen molar-refractivity contribution in [3.8, 4) is 11.1 Å². The van der Waals surface area contributed by atoms with Crippen LogP contribution in [-0.4, -0.2) is 17.9 Å². The summed E-state index contributed by atoms with van der Waals surface area (Å²) < 4.78 is 23.6. The number of hydrogen-bond donors (Lipinski definition) is 1. The van der Waals surface area contributed by atoms with E-state index in [1.807, 2.05) is 36.4 Å².